The summed E-state index contributed by atoms with van der Waals surface area (Å²) in [5.41, 5.74) is 1.74. The third kappa shape index (κ3) is 5.79. The second kappa shape index (κ2) is 10.2. The van der Waals surface area contributed by atoms with E-state index >= 15 is 0 Å². The molecule has 9 nitrogen and oxygen atoms in total. The Labute approximate surface area is 229 Å². The van der Waals surface area contributed by atoms with Gasteiger partial charge in [0.25, 0.3) is 0 Å². The van der Waals surface area contributed by atoms with Crippen LogP contribution in [0.3, 0.4) is 0 Å². The Kier molecular flexibility index (Phi) is 7.17. The molecule has 2 aliphatic rings. The van der Waals surface area contributed by atoms with Crippen molar-refractivity contribution in [1.29, 1.82) is 0 Å². The van der Waals surface area contributed by atoms with Crippen LogP contribution in [0.15, 0.2) is 30.6 Å². The van der Waals surface area contributed by atoms with Gasteiger partial charge in [-0.2, -0.15) is 4.98 Å². The van der Waals surface area contributed by atoms with Gasteiger partial charge in [0.2, 0.25) is 5.95 Å². The van der Waals surface area contributed by atoms with Crippen LogP contribution in [0.5, 0.6) is 0 Å². The van der Waals surface area contributed by atoms with Crippen molar-refractivity contribution in [2.75, 3.05) is 53.3 Å². The Morgan fingerprint density at radius 2 is 1.92 bits per heavy atom. The van der Waals surface area contributed by atoms with E-state index in [0.717, 1.165) is 22.0 Å². The van der Waals surface area contributed by atoms with Gasteiger partial charge in [0.15, 0.2) is 5.67 Å². The number of hydrogen-bond donors (Lipinski definition) is 2. The number of nitrogens with one attached hydrogen (secondary N) is 1. The van der Waals surface area contributed by atoms with Crippen LogP contribution in [0.2, 0.25) is 0 Å². The molecule has 2 aliphatic heterocycles. The summed E-state index contributed by atoms with van der Waals surface area (Å²) >= 11 is 0. The first-order chi connectivity index (χ1) is 18.3. The molecule has 210 valence electrons. The monoisotopic (exact) mass is 556 g/mol. The fourth-order valence-corrected chi connectivity index (χ4v) is 6.80. The molecule has 2 aromatic heterocycles. The normalized spacial score (nSPS) is 22.4. The van der Waals surface area contributed by atoms with Crippen LogP contribution >= 0.6 is 0 Å². The highest BCUT2D eigenvalue weighted by atomic mass is 32.2. The van der Waals surface area contributed by atoms with Gasteiger partial charge in [0.05, 0.1) is 18.4 Å². The van der Waals surface area contributed by atoms with Gasteiger partial charge < -0.3 is 20.2 Å². The predicted octanol–water partition coefficient (Wildman–Crippen LogP) is 3.98. The molecule has 5 rings (SSSR count). The summed E-state index contributed by atoms with van der Waals surface area (Å²) in [6.45, 7) is 9.74. The average molecular weight is 557 g/mol. The molecule has 11 heteroatoms. The van der Waals surface area contributed by atoms with E-state index in [1.54, 1.807) is 17.2 Å². The minimum atomic E-state index is -3.00. The van der Waals surface area contributed by atoms with Crippen LogP contribution in [0.1, 0.15) is 44.2 Å². The number of halogens is 1. The zero-order valence-electron chi connectivity index (χ0n) is 23.1. The van der Waals surface area contributed by atoms with Gasteiger partial charge in [-0.05, 0) is 54.8 Å². The number of nitrogens with zero attached hydrogens (tertiary/aromatic N) is 5. The van der Waals surface area contributed by atoms with E-state index < -0.39 is 21.6 Å². The maximum absolute atomic E-state index is 14.7. The smallest absolute Gasteiger partial charge is 0.227 e. The second-order valence-electron chi connectivity index (χ2n) is 11.6. The molecular weight excluding hydrogens is 519 g/mol. The maximum Gasteiger partial charge on any atom is 0.227 e. The minimum Gasteiger partial charge on any atom is -0.390 e. The van der Waals surface area contributed by atoms with Crippen molar-refractivity contribution < 1.29 is 17.9 Å². The fraction of sp³-hybridized carbons (Fsp3) is 0.536. The summed E-state index contributed by atoms with van der Waals surface area (Å²) in [5.74, 6) is 2.22. The molecule has 0 saturated carbocycles. The van der Waals surface area contributed by atoms with E-state index in [1.807, 2.05) is 12.3 Å². The number of aliphatic hydroxyl groups is 1. The van der Waals surface area contributed by atoms with E-state index in [4.69, 9.17) is 4.98 Å². The highest BCUT2D eigenvalue weighted by Gasteiger charge is 2.39. The number of alkyl halides is 1. The molecule has 0 amide bonds. The predicted molar refractivity (Wildman–Crippen MR) is 154 cm³/mol. The Morgan fingerprint density at radius 3 is 2.59 bits per heavy atom. The van der Waals surface area contributed by atoms with Crippen LogP contribution in [-0.4, -0.2) is 78.4 Å². The summed E-state index contributed by atoms with van der Waals surface area (Å²) in [5, 5.41) is 15.4. The van der Waals surface area contributed by atoms with Crippen LogP contribution in [0.25, 0.3) is 10.8 Å². The zero-order valence-corrected chi connectivity index (χ0v) is 24.0. The first-order valence-electron chi connectivity index (χ1n) is 13.4. The SMILES string of the molecule is Cc1cc(C(C)C)c2cc(Nc3ccnc(N4CC[C@@H](O)[C@@](C)(F)C4)n3)ncc2c1N1CC(CS(C)(=O)=O)C1. The highest BCUT2D eigenvalue weighted by Crippen LogP contribution is 2.40. The van der Waals surface area contributed by atoms with Crippen molar-refractivity contribution in [2.24, 2.45) is 5.92 Å². The number of aliphatic hydroxyl groups excluding tert-OH is 1. The van der Waals surface area contributed by atoms with Crippen molar-refractivity contribution >= 4 is 43.9 Å². The average Bonchev–Trinajstić information content (AvgIpc) is 2.82. The van der Waals surface area contributed by atoms with E-state index in [1.165, 1.54) is 18.7 Å². The Balaban J connectivity index is 1.42. The number of benzene rings is 1. The number of rotatable bonds is 7. The maximum atomic E-state index is 14.7. The molecule has 2 N–H and O–H groups in total. The lowest BCUT2D eigenvalue weighted by atomic mass is 9.91. The Bertz CT molecular complexity index is 1490. The first kappa shape index (κ1) is 27.5. The lowest BCUT2D eigenvalue weighted by Crippen LogP contribution is -2.52. The number of hydrogen-bond acceptors (Lipinski definition) is 9. The molecular formula is C28H37FN6O3S. The third-order valence-corrected chi connectivity index (χ3v) is 8.78. The van der Waals surface area contributed by atoms with Crippen molar-refractivity contribution in [3.8, 4) is 0 Å². The van der Waals surface area contributed by atoms with Gasteiger partial charge in [-0.3, -0.25) is 0 Å². The fourth-order valence-electron chi connectivity index (χ4n) is 5.74. The molecule has 0 radical (unpaired) electrons. The largest absolute Gasteiger partial charge is 0.390 e. The molecule has 3 aromatic rings. The zero-order chi connectivity index (χ0) is 28.1. The number of fused-ring (bicyclic) bond motifs is 1. The van der Waals surface area contributed by atoms with E-state index in [0.29, 0.717) is 49.6 Å². The van der Waals surface area contributed by atoms with Gasteiger partial charge >= 0.3 is 0 Å². The molecule has 1 aromatic carbocycles. The summed E-state index contributed by atoms with van der Waals surface area (Å²) in [6, 6.07) is 5.99. The van der Waals surface area contributed by atoms with Gasteiger partial charge in [-0.25, -0.2) is 22.8 Å². The second-order valence-corrected chi connectivity index (χ2v) is 13.8. The molecule has 0 unspecified atom stereocenters. The van der Waals surface area contributed by atoms with Gasteiger partial charge in [-0.1, -0.05) is 19.9 Å². The van der Waals surface area contributed by atoms with Gasteiger partial charge in [-0.15, -0.1) is 0 Å². The molecule has 2 fully saturated rings. The van der Waals surface area contributed by atoms with E-state index in [2.05, 4.69) is 47.0 Å². The number of aryl methyl sites for hydroxylation is 1. The van der Waals surface area contributed by atoms with Crippen LogP contribution in [0, 0.1) is 12.8 Å². The van der Waals surface area contributed by atoms with Crippen molar-refractivity contribution in [3.05, 3.63) is 41.7 Å². The molecule has 0 spiro atoms. The number of piperidine rings is 1. The lowest BCUT2D eigenvalue weighted by molar-refractivity contribution is -0.00860. The third-order valence-electron chi connectivity index (χ3n) is 7.70. The van der Waals surface area contributed by atoms with Gasteiger partial charge in [0.1, 0.15) is 21.5 Å². The van der Waals surface area contributed by atoms with Gasteiger partial charge in [0, 0.05) is 55.3 Å². The first-order valence-corrected chi connectivity index (χ1v) is 15.4. The highest BCUT2D eigenvalue weighted by molar-refractivity contribution is 7.90. The Hall–Kier alpha value is -3.05. The lowest BCUT2D eigenvalue weighted by Gasteiger charge is -2.42. The Morgan fingerprint density at radius 1 is 1.18 bits per heavy atom. The summed E-state index contributed by atoms with van der Waals surface area (Å²) in [6.07, 6.45) is 4.11. The standard InChI is InChI=1S/C28H37FN6O3S/c1-17(2)20-10-18(3)26(35-13-19(14-35)15-39(5,37)38)22-12-31-25(11-21(20)22)32-24-6-8-30-27(33-24)34-9-7-23(36)28(4,29)16-34/h6,8,10-12,17,19,23,36H,7,9,13-16H2,1-5H3,(H,30,31,32,33)/t23-,28+/m1/s1. The van der Waals surface area contributed by atoms with Crippen LogP contribution in [0.4, 0.5) is 27.7 Å². The summed E-state index contributed by atoms with van der Waals surface area (Å²) in [4.78, 5) is 17.6. The summed E-state index contributed by atoms with van der Waals surface area (Å²) < 4.78 is 38.2. The van der Waals surface area contributed by atoms with E-state index in [-0.39, 0.29) is 18.2 Å². The number of pyridine rings is 1. The van der Waals surface area contributed by atoms with Crippen LogP contribution < -0.4 is 15.1 Å². The molecule has 2 atom stereocenters. The molecule has 0 bridgehead atoms. The quantitative estimate of drug-likeness (QED) is 0.446. The number of aromatic nitrogens is 3. The molecule has 39 heavy (non-hydrogen) atoms. The molecule has 4 heterocycles. The number of sulfone groups is 1. The van der Waals surface area contributed by atoms with Crippen LogP contribution in [-0.2, 0) is 9.84 Å². The topological polar surface area (TPSA) is 112 Å². The van der Waals surface area contributed by atoms with Crippen molar-refractivity contribution in [1.82, 2.24) is 15.0 Å². The summed E-state index contributed by atoms with van der Waals surface area (Å²) in [7, 11) is -3.00. The van der Waals surface area contributed by atoms with Crippen molar-refractivity contribution in [2.45, 2.75) is 51.8 Å². The molecule has 2 saturated heterocycles. The van der Waals surface area contributed by atoms with Crippen molar-refractivity contribution in [3.63, 3.8) is 0 Å². The minimum absolute atomic E-state index is 0.0211. The molecule has 0 aliphatic carbocycles. The number of anilines is 4. The van der Waals surface area contributed by atoms with E-state index in [9.17, 15) is 17.9 Å².